The highest BCUT2D eigenvalue weighted by atomic mass is 32.2. The van der Waals surface area contributed by atoms with Gasteiger partial charge in [-0.25, -0.2) is 13.4 Å². The number of nitrogens with zero attached hydrogens (tertiary/aromatic N) is 3. The van der Waals surface area contributed by atoms with E-state index >= 15 is 0 Å². The Bertz CT molecular complexity index is 645. The van der Waals surface area contributed by atoms with Crippen LogP contribution < -0.4 is 0 Å². The predicted octanol–water partition coefficient (Wildman–Crippen LogP) is -0.887. The Morgan fingerprint density at radius 3 is 2.15 bits per heavy atom. The monoisotopic (exact) mass is 299 g/mol. The van der Waals surface area contributed by atoms with Crippen molar-refractivity contribution in [3.63, 3.8) is 0 Å². The molecule has 0 aliphatic carbocycles. The van der Waals surface area contributed by atoms with Crippen molar-refractivity contribution >= 4 is 22.0 Å². The van der Waals surface area contributed by atoms with Gasteiger partial charge in [0.2, 0.25) is 10.0 Å². The van der Waals surface area contributed by atoms with Crippen LogP contribution in [0, 0.1) is 11.3 Å². The van der Waals surface area contributed by atoms with Crippen molar-refractivity contribution in [1.29, 1.82) is 5.26 Å². The van der Waals surface area contributed by atoms with Crippen LogP contribution in [0.2, 0.25) is 0 Å². The van der Waals surface area contributed by atoms with Crippen LogP contribution in [0.5, 0.6) is 0 Å². The third kappa shape index (κ3) is 3.74. The summed E-state index contributed by atoms with van der Waals surface area (Å²) in [5.41, 5.74) is -0.0213. The molecule has 0 amide bonds. The summed E-state index contributed by atoms with van der Waals surface area (Å²) in [6.07, 6.45) is 0.866. The van der Waals surface area contributed by atoms with Crippen molar-refractivity contribution in [3.8, 4) is 6.07 Å². The molecule has 0 radical (unpaired) electrons. The van der Waals surface area contributed by atoms with E-state index in [0.717, 1.165) is 18.3 Å². The van der Waals surface area contributed by atoms with E-state index in [1.54, 1.807) is 6.07 Å². The Hall–Kier alpha value is -2.51. The fourth-order valence-electron chi connectivity index (χ4n) is 1.28. The van der Waals surface area contributed by atoms with E-state index in [2.05, 4.69) is 4.98 Å². The van der Waals surface area contributed by atoms with Crippen LogP contribution in [-0.4, -0.2) is 52.9 Å². The van der Waals surface area contributed by atoms with Crippen LogP contribution >= 0.6 is 0 Å². The van der Waals surface area contributed by atoms with Crippen molar-refractivity contribution in [1.82, 2.24) is 9.29 Å². The Kier molecular flexibility index (Phi) is 4.73. The molecule has 1 aromatic heterocycles. The maximum Gasteiger partial charge on any atom is 0.318 e. The molecule has 0 fully saturated rings. The van der Waals surface area contributed by atoms with Gasteiger partial charge in [-0.15, -0.1) is 0 Å². The fourth-order valence-corrected chi connectivity index (χ4v) is 2.56. The first-order valence-corrected chi connectivity index (χ1v) is 6.51. The average molecular weight is 299 g/mol. The third-order valence-electron chi connectivity index (χ3n) is 2.11. The number of nitriles is 1. The Labute approximate surface area is 113 Å². The topological polar surface area (TPSA) is 149 Å². The minimum absolute atomic E-state index is 0.0213. The molecule has 0 spiro atoms. The summed E-state index contributed by atoms with van der Waals surface area (Å²) >= 11 is 0. The molecule has 0 bridgehead atoms. The lowest BCUT2D eigenvalue weighted by Gasteiger charge is -2.17. The minimum atomic E-state index is -4.32. The number of aromatic nitrogens is 1. The molecule has 20 heavy (non-hydrogen) atoms. The molecule has 0 aliphatic rings. The zero-order chi connectivity index (χ0) is 15.3. The van der Waals surface area contributed by atoms with Crippen LogP contribution in [0.4, 0.5) is 0 Å². The molecule has 0 unspecified atom stereocenters. The van der Waals surface area contributed by atoms with Gasteiger partial charge in [0, 0.05) is 6.20 Å². The van der Waals surface area contributed by atoms with Gasteiger partial charge in [0.15, 0.2) is 0 Å². The quantitative estimate of drug-likeness (QED) is 0.687. The van der Waals surface area contributed by atoms with Crippen molar-refractivity contribution < 1.29 is 28.2 Å². The first-order chi connectivity index (χ1) is 9.27. The number of hydrogen-bond donors (Lipinski definition) is 2. The van der Waals surface area contributed by atoms with E-state index in [-0.39, 0.29) is 10.6 Å². The summed E-state index contributed by atoms with van der Waals surface area (Å²) < 4.78 is 24.5. The van der Waals surface area contributed by atoms with E-state index in [4.69, 9.17) is 15.5 Å². The lowest BCUT2D eigenvalue weighted by atomic mass is 10.4. The highest BCUT2D eigenvalue weighted by Crippen LogP contribution is 2.14. The molecular formula is C10H9N3O6S. The highest BCUT2D eigenvalue weighted by Gasteiger charge is 2.28. The molecule has 0 aliphatic heterocycles. The summed E-state index contributed by atoms with van der Waals surface area (Å²) in [5, 5.41) is 25.8. The standard InChI is InChI=1S/C10H9N3O6S/c11-3-7-1-2-8(4-12-7)20(18,19)13(5-9(14)15)6-10(16)17/h1-2,4H,5-6H2,(H,14,15)(H,16,17). The second kappa shape index (κ2) is 6.09. The van der Waals surface area contributed by atoms with Crippen molar-refractivity contribution in [2.75, 3.05) is 13.1 Å². The molecule has 0 saturated carbocycles. The summed E-state index contributed by atoms with van der Waals surface area (Å²) in [6.45, 7) is -1.98. The van der Waals surface area contributed by atoms with Crippen molar-refractivity contribution in [2.45, 2.75) is 4.90 Å². The second-order valence-corrected chi connectivity index (χ2v) is 5.49. The van der Waals surface area contributed by atoms with Crippen molar-refractivity contribution in [2.24, 2.45) is 0 Å². The first-order valence-electron chi connectivity index (χ1n) is 5.07. The molecule has 2 N–H and O–H groups in total. The summed E-state index contributed by atoms with van der Waals surface area (Å²) in [7, 11) is -4.32. The van der Waals surface area contributed by atoms with Gasteiger partial charge < -0.3 is 10.2 Å². The maximum atomic E-state index is 12.1. The lowest BCUT2D eigenvalue weighted by Crippen LogP contribution is -2.39. The van der Waals surface area contributed by atoms with E-state index < -0.39 is 35.1 Å². The zero-order valence-corrected chi connectivity index (χ0v) is 10.7. The van der Waals surface area contributed by atoms with Gasteiger partial charge in [-0.3, -0.25) is 9.59 Å². The molecule has 0 atom stereocenters. The third-order valence-corrected chi connectivity index (χ3v) is 3.89. The largest absolute Gasteiger partial charge is 0.480 e. The molecule has 10 heteroatoms. The molecule has 0 saturated heterocycles. The number of carboxylic acids is 2. The fraction of sp³-hybridized carbons (Fsp3) is 0.200. The molecule has 9 nitrogen and oxygen atoms in total. The summed E-state index contributed by atoms with van der Waals surface area (Å²) in [5.74, 6) is -2.98. The number of pyridine rings is 1. The number of hydrogen-bond acceptors (Lipinski definition) is 6. The predicted molar refractivity (Wildman–Crippen MR) is 63.0 cm³/mol. The SMILES string of the molecule is N#Cc1ccc(S(=O)(=O)N(CC(=O)O)CC(=O)O)cn1. The van der Waals surface area contributed by atoms with Crippen LogP contribution in [0.15, 0.2) is 23.2 Å². The number of sulfonamides is 1. The number of carbonyl (C=O) groups is 2. The van der Waals surface area contributed by atoms with Gasteiger partial charge in [0.25, 0.3) is 0 Å². The maximum absolute atomic E-state index is 12.1. The molecule has 1 aromatic rings. The van der Waals surface area contributed by atoms with Crippen LogP contribution in [0.3, 0.4) is 0 Å². The summed E-state index contributed by atoms with van der Waals surface area (Å²) in [6, 6.07) is 3.88. The number of carboxylic acid groups (broad SMARTS) is 2. The molecule has 0 aromatic carbocycles. The first kappa shape index (κ1) is 15.5. The Balaban J connectivity index is 3.17. The lowest BCUT2D eigenvalue weighted by molar-refractivity contribution is -0.139. The van der Waals surface area contributed by atoms with Gasteiger partial charge in [-0.05, 0) is 12.1 Å². The van der Waals surface area contributed by atoms with Crippen LogP contribution in [0.25, 0.3) is 0 Å². The Morgan fingerprint density at radius 2 is 1.80 bits per heavy atom. The van der Waals surface area contributed by atoms with E-state index in [1.807, 2.05) is 0 Å². The average Bonchev–Trinajstić information content (AvgIpc) is 2.37. The van der Waals surface area contributed by atoms with Crippen LogP contribution in [0.1, 0.15) is 5.69 Å². The van der Waals surface area contributed by atoms with Crippen molar-refractivity contribution in [3.05, 3.63) is 24.0 Å². The number of rotatable bonds is 6. The zero-order valence-electron chi connectivity index (χ0n) is 9.92. The normalized spacial score (nSPS) is 11.0. The van der Waals surface area contributed by atoms with E-state index in [9.17, 15) is 18.0 Å². The van der Waals surface area contributed by atoms with Gasteiger partial charge in [0.05, 0.1) is 0 Å². The molecule has 1 rings (SSSR count). The van der Waals surface area contributed by atoms with E-state index in [1.165, 1.54) is 0 Å². The summed E-state index contributed by atoms with van der Waals surface area (Å²) in [4.78, 5) is 24.4. The molecule has 1 heterocycles. The second-order valence-electron chi connectivity index (χ2n) is 3.55. The molecule has 106 valence electrons. The van der Waals surface area contributed by atoms with Gasteiger partial charge >= 0.3 is 11.9 Å². The highest BCUT2D eigenvalue weighted by molar-refractivity contribution is 7.89. The van der Waals surface area contributed by atoms with Gasteiger partial charge in [-0.2, -0.15) is 9.57 Å². The van der Waals surface area contributed by atoms with Gasteiger partial charge in [-0.1, -0.05) is 0 Å². The smallest absolute Gasteiger partial charge is 0.318 e. The molecular weight excluding hydrogens is 290 g/mol. The van der Waals surface area contributed by atoms with Gasteiger partial charge in [0.1, 0.15) is 29.7 Å². The van der Waals surface area contributed by atoms with Crippen LogP contribution in [-0.2, 0) is 19.6 Å². The minimum Gasteiger partial charge on any atom is -0.480 e. The Morgan fingerprint density at radius 1 is 1.25 bits per heavy atom. The number of aliphatic carboxylic acids is 2. The van der Waals surface area contributed by atoms with E-state index in [0.29, 0.717) is 4.31 Å².